The van der Waals surface area contributed by atoms with E-state index in [1.165, 1.54) is 0 Å². The Morgan fingerprint density at radius 2 is 1.64 bits per heavy atom. The molecule has 1 aromatic carbocycles. The number of hydrogen-bond donors (Lipinski definition) is 1. The monoisotopic (exact) mass is 402 g/mol. The molecule has 0 aliphatic rings. The van der Waals surface area contributed by atoms with Crippen LogP contribution >= 0.6 is 15.9 Å². The largest absolute Gasteiger partial charge is 0.398 e. The number of benzene rings is 1. The maximum atomic E-state index is 12.0. The Hall–Kier alpha value is -2.01. The maximum Gasteiger partial charge on any atom is 0.137 e. The number of Topliss-reactive ketones (excluding diaryl/α,β-unsaturated/α-hetero) is 2. The lowest BCUT2D eigenvalue weighted by atomic mass is 10.0. The molecule has 0 unspecified atom stereocenters. The lowest BCUT2D eigenvalue weighted by Gasteiger charge is -2.05. The average molecular weight is 403 g/mol. The number of rotatable bonds is 10. The van der Waals surface area contributed by atoms with Gasteiger partial charge in [-0.1, -0.05) is 24.6 Å². The molecule has 4 nitrogen and oxygen atoms in total. The molecule has 0 bridgehead atoms. The van der Waals surface area contributed by atoms with Gasteiger partial charge in [-0.25, -0.2) is 0 Å². The number of aromatic nitrogens is 1. The predicted molar refractivity (Wildman–Crippen MR) is 103 cm³/mol. The van der Waals surface area contributed by atoms with Crippen LogP contribution < -0.4 is 5.73 Å². The van der Waals surface area contributed by atoms with E-state index in [1.807, 2.05) is 30.3 Å². The van der Waals surface area contributed by atoms with Gasteiger partial charge < -0.3 is 5.73 Å². The first-order valence-corrected chi connectivity index (χ1v) is 9.30. The smallest absolute Gasteiger partial charge is 0.137 e. The van der Waals surface area contributed by atoms with Gasteiger partial charge in [0.15, 0.2) is 0 Å². The van der Waals surface area contributed by atoms with E-state index in [9.17, 15) is 9.59 Å². The van der Waals surface area contributed by atoms with Crippen molar-refractivity contribution in [2.45, 2.75) is 44.9 Å². The molecule has 0 amide bonds. The summed E-state index contributed by atoms with van der Waals surface area (Å²) in [5, 5.41) is 0. The van der Waals surface area contributed by atoms with E-state index in [1.54, 1.807) is 12.4 Å². The van der Waals surface area contributed by atoms with Crippen molar-refractivity contribution in [1.29, 1.82) is 0 Å². The molecule has 1 heterocycles. The van der Waals surface area contributed by atoms with Crippen LogP contribution in [0.15, 0.2) is 47.2 Å². The van der Waals surface area contributed by atoms with Gasteiger partial charge >= 0.3 is 0 Å². The molecule has 5 heteroatoms. The Balaban J connectivity index is 1.60. The highest BCUT2D eigenvalue weighted by Gasteiger charge is 2.08. The number of ketones is 2. The van der Waals surface area contributed by atoms with Crippen LogP contribution in [0.1, 0.15) is 43.2 Å². The molecule has 0 fully saturated rings. The lowest BCUT2D eigenvalue weighted by Crippen LogP contribution is -2.05. The van der Waals surface area contributed by atoms with Crippen molar-refractivity contribution >= 4 is 33.2 Å². The number of para-hydroxylation sites is 1. The zero-order valence-corrected chi connectivity index (χ0v) is 15.8. The average Bonchev–Trinajstić information content (AvgIpc) is 2.56. The molecule has 2 rings (SSSR count). The van der Waals surface area contributed by atoms with Gasteiger partial charge in [0.1, 0.15) is 11.6 Å². The summed E-state index contributed by atoms with van der Waals surface area (Å²) in [6.45, 7) is 0. The first kappa shape index (κ1) is 19.3. The standard InChI is InChI=1S/C20H23BrN2O2/c21-17-10-15(13-23-14-17)11-18(24)7-2-1-3-8-19(25)12-16-6-4-5-9-20(16)22/h4-6,9-10,13-14H,1-3,7-8,11-12,22H2. The summed E-state index contributed by atoms with van der Waals surface area (Å²) >= 11 is 3.35. The summed E-state index contributed by atoms with van der Waals surface area (Å²) in [4.78, 5) is 28.0. The van der Waals surface area contributed by atoms with Crippen molar-refractivity contribution in [1.82, 2.24) is 4.98 Å². The molecule has 0 saturated carbocycles. The fraction of sp³-hybridized carbons (Fsp3) is 0.350. The van der Waals surface area contributed by atoms with Crippen molar-refractivity contribution in [2.24, 2.45) is 0 Å². The van der Waals surface area contributed by atoms with Gasteiger partial charge in [-0.15, -0.1) is 0 Å². The Bertz CT molecular complexity index is 731. The fourth-order valence-electron chi connectivity index (χ4n) is 2.69. The van der Waals surface area contributed by atoms with E-state index in [-0.39, 0.29) is 11.6 Å². The summed E-state index contributed by atoms with van der Waals surface area (Å²) in [5.74, 6) is 0.410. The second-order valence-corrected chi connectivity index (χ2v) is 7.12. The van der Waals surface area contributed by atoms with Crippen molar-refractivity contribution in [3.8, 4) is 0 Å². The zero-order chi connectivity index (χ0) is 18.1. The number of carbonyl (C=O) groups excluding carboxylic acids is 2. The van der Waals surface area contributed by atoms with Gasteiger partial charge in [0.05, 0.1) is 0 Å². The third-order valence-corrected chi connectivity index (χ3v) is 4.45. The summed E-state index contributed by atoms with van der Waals surface area (Å²) < 4.78 is 0.885. The van der Waals surface area contributed by atoms with Gasteiger partial charge in [-0.3, -0.25) is 14.6 Å². The normalized spacial score (nSPS) is 10.6. The van der Waals surface area contributed by atoms with E-state index in [0.717, 1.165) is 34.9 Å². The van der Waals surface area contributed by atoms with Crippen LogP contribution in [0.5, 0.6) is 0 Å². The van der Waals surface area contributed by atoms with Crippen LogP contribution in [0, 0.1) is 0 Å². The van der Waals surface area contributed by atoms with Gasteiger partial charge in [0.25, 0.3) is 0 Å². The molecule has 0 aliphatic carbocycles. The quantitative estimate of drug-likeness (QED) is 0.474. The number of nitrogens with zero attached hydrogens (tertiary/aromatic N) is 1. The van der Waals surface area contributed by atoms with Gasteiger partial charge in [0, 0.05) is 48.2 Å². The van der Waals surface area contributed by atoms with E-state index < -0.39 is 0 Å². The second-order valence-electron chi connectivity index (χ2n) is 6.20. The first-order chi connectivity index (χ1) is 12.0. The topological polar surface area (TPSA) is 73.1 Å². The summed E-state index contributed by atoms with van der Waals surface area (Å²) in [6.07, 6.45) is 7.84. The number of pyridine rings is 1. The minimum atomic E-state index is 0.199. The van der Waals surface area contributed by atoms with Crippen LogP contribution in [-0.2, 0) is 22.4 Å². The number of hydrogen-bond acceptors (Lipinski definition) is 4. The molecule has 0 aliphatic heterocycles. The highest BCUT2D eigenvalue weighted by atomic mass is 79.9. The van der Waals surface area contributed by atoms with Crippen molar-refractivity contribution < 1.29 is 9.59 Å². The molecule has 0 saturated heterocycles. The van der Waals surface area contributed by atoms with Gasteiger partial charge in [0.2, 0.25) is 0 Å². The van der Waals surface area contributed by atoms with Crippen LogP contribution in [0.3, 0.4) is 0 Å². The van der Waals surface area contributed by atoms with Crippen LogP contribution in [0.25, 0.3) is 0 Å². The molecule has 0 atom stereocenters. The number of anilines is 1. The van der Waals surface area contributed by atoms with Crippen LogP contribution in [0.2, 0.25) is 0 Å². The number of unbranched alkanes of at least 4 members (excludes halogenated alkanes) is 2. The molecular formula is C20H23BrN2O2. The number of nitrogen functional groups attached to an aromatic ring is 1. The maximum absolute atomic E-state index is 12.0. The van der Waals surface area contributed by atoms with Crippen molar-refractivity contribution in [2.75, 3.05) is 5.73 Å². The SMILES string of the molecule is Nc1ccccc1CC(=O)CCCCCC(=O)Cc1cncc(Br)c1. The molecule has 0 spiro atoms. The number of nitrogens with two attached hydrogens (primary N) is 1. The Morgan fingerprint density at radius 3 is 2.32 bits per heavy atom. The molecule has 1 aromatic heterocycles. The van der Waals surface area contributed by atoms with E-state index in [0.29, 0.717) is 31.4 Å². The third-order valence-electron chi connectivity index (χ3n) is 4.02. The van der Waals surface area contributed by atoms with E-state index in [2.05, 4.69) is 20.9 Å². The molecule has 2 N–H and O–H groups in total. The van der Waals surface area contributed by atoms with Crippen LogP contribution in [-0.4, -0.2) is 16.6 Å². The minimum Gasteiger partial charge on any atom is -0.398 e. The Labute approximate surface area is 157 Å². The lowest BCUT2D eigenvalue weighted by molar-refractivity contribution is -0.118. The number of carbonyl (C=O) groups is 2. The van der Waals surface area contributed by atoms with E-state index in [4.69, 9.17) is 5.73 Å². The molecule has 0 radical (unpaired) electrons. The third kappa shape index (κ3) is 7.18. The Kier molecular flexibility index (Phi) is 7.79. The Morgan fingerprint density at radius 1 is 0.960 bits per heavy atom. The molecular weight excluding hydrogens is 380 g/mol. The highest BCUT2D eigenvalue weighted by Crippen LogP contribution is 2.14. The van der Waals surface area contributed by atoms with E-state index >= 15 is 0 Å². The van der Waals surface area contributed by atoms with Crippen molar-refractivity contribution in [3.05, 3.63) is 58.3 Å². The zero-order valence-electron chi connectivity index (χ0n) is 14.2. The molecule has 132 valence electrons. The van der Waals surface area contributed by atoms with Crippen molar-refractivity contribution in [3.63, 3.8) is 0 Å². The minimum absolute atomic E-state index is 0.199. The highest BCUT2D eigenvalue weighted by molar-refractivity contribution is 9.10. The summed E-state index contributed by atoms with van der Waals surface area (Å²) in [6, 6.07) is 9.38. The van der Waals surface area contributed by atoms with Crippen LogP contribution in [0.4, 0.5) is 5.69 Å². The summed E-state index contributed by atoms with van der Waals surface area (Å²) in [7, 11) is 0. The fourth-order valence-corrected chi connectivity index (χ4v) is 3.10. The van der Waals surface area contributed by atoms with Gasteiger partial charge in [-0.05, 0) is 52.0 Å². The summed E-state index contributed by atoms with van der Waals surface area (Å²) in [5.41, 5.74) is 8.34. The predicted octanol–water partition coefficient (Wildman–Crippen LogP) is 4.30. The molecule has 2 aromatic rings. The van der Waals surface area contributed by atoms with Gasteiger partial charge in [-0.2, -0.15) is 0 Å². The molecule has 25 heavy (non-hydrogen) atoms. The number of halogens is 1. The second kappa shape index (κ2) is 10.1. The first-order valence-electron chi connectivity index (χ1n) is 8.51.